The van der Waals surface area contributed by atoms with E-state index < -0.39 is 0 Å². The van der Waals surface area contributed by atoms with Crippen LogP contribution in [0.2, 0.25) is 10.0 Å². The summed E-state index contributed by atoms with van der Waals surface area (Å²) in [5.41, 5.74) is 3.04. The maximum Gasteiger partial charge on any atom is 0.275 e. The first kappa shape index (κ1) is 14.9. The number of anilines is 1. The summed E-state index contributed by atoms with van der Waals surface area (Å²) in [6.07, 6.45) is 0. The quantitative estimate of drug-likeness (QED) is 0.885. The molecule has 1 aliphatic rings. The average molecular weight is 335 g/mol. The molecule has 0 bridgehead atoms. The van der Waals surface area contributed by atoms with Crippen molar-refractivity contribution in [3.8, 4) is 5.75 Å². The van der Waals surface area contributed by atoms with E-state index in [2.05, 4.69) is 10.3 Å². The third-order valence-electron chi connectivity index (χ3n) is 3.48. The number of benzene rings is 2. The van der Waals surface area contributed by atoms with Crippen LogP contribution in [0.5, 0.6) is 5.75 Å². The van der Waals surface area contributed by atoms with E-state index in [9.17, 15) is 4.79 Å². The van der Waals surface area contributed by atoms with Gasteiger partial charge in [0, 0.05) is 15.6 Å². The lowest BCUT2D eigenvalue weighted by atomic mass is 10.1. The molecule has 2 aromatic carbocycles. The van der Waals surface area contributed by atoms with Crippen molar-refractivity contribution >= 4 is 46.2 Å². The van der Waals surface area contributed by atoms with Gasteiger partial charge in [0.2, 0.25) is 0 Å². The zero-order chi connectivity index (χ0) is 15.9. The van der Waals surface area contributed by atoms with E-state index in [0.717, 1.165) is 5.56 Å². The minimum absolute atomic E-state index is 0.276. The fourth-order valence-electron chi connectivity index (χ4n) is 2.32. The van der Waals surface area contributed by atoms with Gasteiger partial charge in [-0.2, -0.15) is 0 Å². The number of halogens is 2. The zero-order valence-electron chi connectivity index (χ0n) is 11.9. The lowest BCUT2D eigenvalue weighted by Gasteiger charge is -2.06. The van der Waals surface area contributed by atoms with Gasteiger partial charge in [0.1, 0.15) is 17.1 Å². The minimum Gasteiger partial charge on any atom is -0.494 e. The summed E-state index contributed by atoms with van der Waals surface area (Å²) in [5, 5.41) is 3.92. The molecular formula is C16H12Cl2N2O2. The SMILES string of the molecule is COc1ccc(Cl)cc1N=C1C(=O)Nc2c1ccc(Cl)c2C. The van der Waals surface area contributed by atoms with Gasteiger partial charge in [0.05, 0.1) is 12.8 Å². The van der Waals surface area contributed by atoms with Gasteiger partial charge in [-0.05, 0) is 42.8 Å². The fraction of sp³-hybridized carbons (Fsp3) is 0.125. The molecule has 0 radical (unpaired) electrons. The van der Waals surface area contributed by atoms with Gasteiger partial charge in [-0.25, -0.2) is 4.99 Å². The van der Waals surface area contributed by atoms with Gasteiger partial charge < -0.3 is 10.1 Å². The second-order valence-corrected chi connectivity index (χ2v) is 5.67. The molecule has 0 saturated heterocycles. The maximum absolute atomic E-state index is 12.2. The highest BCUT2D eigenvalue weighted by Gasteiger charge is 2.28. The summed E-state index contributed by atoms with van der Waals surface area (Å²) in [6.45, 7) is 1.85. The van der Waals surface area contributed by atoms with Crippen LogP contribution in [-0.4, -0.2) is 18.7 Å². The topological polar surface area (TPSA) is 50.7 Å². The number of nitrogens with one attached hydrogen (secondary N) is 1. The van der Waals surface area contributed by atoms with Crippen LogP contribution in [0.4, 0.5) is 11.4 Å². The number of ether oxygens (including phenoxy) is 1. The van der Waals surface area contributed by atoms with Crippen LogP contribution in [0, 0.1) is 6.92 Å². The second kappa shape index (κ2) is 5.63. The average Bonchev–Trinajstić information content (AvgIpc) is 2.81. The predicted molar refractivity (Wildman–Crippen MR) is 89.0 cm³/mol. The Balaban J connectivity index is 2.17. The highest BCUT2D eigenvalue weighted by Crippen LogP contribution is 2.35. The molecule has 0 atom stereocenters. The Labute approximate surface area is 137 Å². The Bertz CT molecular complexity index is 816. The van der Waals surface area contributed by atoms with E-state index in [-0.39, 0.29) is 5.91 Å². The standard InChI is InChI=1S/C16H12Cl2N2O2/c1-8-11(18)5-4-10-14(8)20-16(21)15(10)19-12-7-9(17)3-6-13(12)22-2/h3-7H,1-2H3,(H,19,20,21). The Morgan fingerprint density at radius 1 is 1.18 bits per heavy atom. The first-order chi connectivity index (χ1) is 10.5. The van der Waals surface area contributed by atoms with Gasteiger partial charge >= 0.3 is 0 Å². The lowest BCUT2D eigenvalue weighted by molar-refractivity contribution is -0.110. The van der Waals surface area contributed by atoms with Crippen molar-refractivity contribution in [2.45, 2.75) is 6.92 Å². The van der Waals surface area contributed by atoms with Crippen LogP contribution in [0.25, 0.3) is 0 Å². The van der Waals surface area contributed by atoms with E-state index in [1.807, 2.05) is 6.92 Å². The number of hydrogen-bond acceptors (Lipinski definition) is 3. The van der Waals surface area contributed by atoms with Crippen molar-refractivity contribution in [2.24, 2.45) is 4.99 Å². The van der Waals surface area contributed by atoms with Gasteiger partial charge in [0.15, 0.2) is 0 Å². The van der Waals surface area contributed by atoms with Crippen molar-refractivity contribution in [3.63, 3.8) is 0 Å². The van der Waals surface area contributed by atoms with E-state index in [1.54, 1.807) is 37.4 Å². The monoisotopic (exact) mass is 334 g/mol. The number of fused-ring (bicyclic) bond motifs is 1. The van der Waals surface area contributed by atoms with Crippen molar-refractivity contribution < 1.29 is 9.53 Å². The molecule has 0 fully saturated rings. The number of carbonyl (C=O) groups excluding carboxylic acids is 1. The molecular weight excluding hydrogens is 323 g/mol. The summed E-state index contributed by atoms with van der Waals surface area (Å²) in [6, 6.07) is 8.60. The van der Waals surface area contributed by atoms with Crippen LogP contribution in [0.15, 0.2) is 35.3 Å². The van der Waals surface area contributed by atoms with E-state index in [4.69, 9.17) is 27.9 Å². The minimum atomic E-state index is -0.276. The number of rotatable bonds is 2. The molecule has 112 valence electrons. The van der Waals surface area contributed by atoms with Gasteiger partial charge in [-0.15, -0.1) is 0 Å². The van der Waals surface area contributed by atoms with E-state index in [1.165, 1.54) is 0 Å². The Kier molecular flexibility index (Phi) is 3.81. The summed E-state index contributed by atoms with van der Waals surface area (Å²) >= 11 is 12.1. The fourth-order valence-corrected chi connectivity index (χ4v) is 2.65. The highest BCUT2D eigenvalue weighted by molar-refractivity contribution is 6.54. The molecule has 6 heteroatoms. The molecule has 22 heavy (non-hydrogen) atoms. The number of hydrogen-bond donors (Lipinski definition) is 1. The first-order valence-corrected chi connectivity index (χ1v) is 7.30. The van der Waals surface area contributed by atoms with Crippen molar-refractivity contribution in [1.29, 1.82) is 0 Å². The second-order valence-electron chi connectivity index (χ2n) is 4.83. The third-order valence-corrected chi connectivity index (χ3v) is 4.13. The molecule has 1 heterocycles. The van der Waals surface area contributed by atoms with Crippen molar-refractivity contribution in [3.05, 3.63) is 51.5 Å². The molecule has 1 aliphatic heterocycles. The van der Waals surface area contributed by atoms with Gasteiger partial charge in [-0.3, -0.25) is 4.79 Å². The Hall–Kier alpha value is -2.04. The zero-order valence-corrected chi connectivity index (χ0v) is 13.4. The van der Waals surface area contributed by atoms with Crippen molar-refractivity contribution in [1.82, 2.24) is 0 Å². The van der Waals surface area contributed by atoms with Gasteiger partial charge in [0.25, 0.3) is 5.91 Å². The number of amides is 1. The highest BCUT2D eigenvalue weighted by atomic mass is 35.5. The molecule has 3 rings (SSSR count). The Morgan fingerprint density at radius 3 is 2.68 bits per heavy atom. The van der Waals surface area contributed by atoms with Crippen LogP contribution >= 0.6 is 23.2 Å². The smallest absolute Gasteiger partial charge is 0.275 e. The molecule has 0 aliphatic carbocycles. The third kappa shape index (κ3) is 2.45. The summed E-state index contributed by atoms with van der Waals surface area (Å²) < 4.78 is 5.26. The van der Waals surface area contributed by atoms with Gasteiger partial charge in [-0.1, -0.05) is 23.2 Å². The number of nitrogens with zero attached hydrogens (tertiary/aromatic N) is 1. The van der Waals surface area contributed by atoms with E-state index >= 15 is 0 Å². The van der Waals surface area contributed by atoms with Crippen LogP contribution in [0.1, 0.15) is 11.1 Å². The number of aliphatic imine (C=N–C) groups is 1. The molecule has 2 aromatic rings. The van der Waals surface area contributed by atoms with Crippen LogP contribution in [0.3, 0.4) is 0 Å². The molecule has 0 aromatic heterocycles. The van der Waals surface area contributed by atoms with E-state index in [0.29, 0.717) is 38.4 Å². The summed E-state index contributed by atoms with van der Waals surface area (Å²) in [4.78, 5) is 16.7. The largest absolute Gasteiger partial charge is 0.494 e. The van der Waals surface area contributed by atoms with Crippen molar-refractivity contribution in [2.75, 3.05) is 12.4 Å². The lowest BCUT2D eigenvalue weighted by Crippen LogP contribution is -2.14. The first-order valence-electron chi connectivity index (χ1n) is 6.54. The summed E-state index contributed by atoms with van der Waals surface area (Å²) in [5.74, 6) is 0.270. The molecule has 4 nitrogen and oxygen atoms in total. The maximum atomic E-state index is 12.2. The molecule has 1 N–H and O–H groups in total. The van der Waals surface area contributed by atoms with Crippen LogP contribution < -0.4 is 10.1 Å². The van der Waals surface area contributed by atoms with Crippen LogP contribution in [-0.2, 0) is 4.79 Å². The Morgan fingerprint density at radius 2 is 1.95 bits per heavy atom. The number of methoxy groups -OCH3 is 1. The molecule has 1 amide bonds. The molecule has 0 unspecified atom stereocenters. The predicted octanol–water partition coefficient (Wildman–Crippen LogP) is 4.38. The summed E-state index contributed by atoms with van der Waals surface area (Å²) in [7, 11) is 1.54. The number of carbonyl (C=O) groups is 1. The normalized spacial score (nSPS) is 14.9. The molecule has 0 saturated carbocycles. The molecule has 0 spiro atoms.